The van der Waals surface area contributed by atoms with E-state index in [9.17, 15) is 19.2 Å². The highest BCUT2D eigenvalue weighted by Crippen LogP contribution is 2.43. The number of fused-ring (bicyclic) bond motifs is 8. The number of carbonyl (C=O) groups is 4. The first-order valence-corrected chi connectivity index (χ1v) is 23.4. The quantitative estimate of drug-likeness (QED) is 0.0485. The smallest absolute Gasteiger partial charge is 0.261 e. The molecule has 4 aliphatic rings. The molecule has 2 atom stereocenters. The summed E-state index contributed by atoms with van der Waals surface area (Å²) in [6, 6.07) is 30.4. The molecule has 0 radical (unpaired) electrons. The number of para-hydroxylation sites is 1. The largest absolute Gasteiger partial charge is 0.493 e. The maximum absolute atomic E-state index is 14.3. The molecule has 4 heterocycles. The van der Waals surface area contributed by atoms with Crippen LogP contribution in [0.5, 0.6) is 23.0 Å². The fraction of sp³-hybridized carbons (Fsp3) is 0.315. The molecule has 9 rings (SSSR count). The number of rotatable bonds is 19. The van der Waals surface area contributed by atoms with Gasteiger partial charge < -0.3 is 28.6 Å². The van der Waals surface area contributed by atoms with Crippen LogP contribution in [-0.4, -0.2) is 94.8 Å². The molecule has 69 heavy (non-hydrogen) atoms. The Bertz CT molecular complexity index is 2880. The highest BCUT2D eigenvalue weighted by Gasteiger charge is 2.38. The van der Waals surface area contributed by atoms with Crippen LogP contribution in [-0.2, 0) is 22.4 Å². The summed E-state index contributed by atoms with van der Waals surface area (Å²) in [7, 11) is 5.16. The number of benzene rings is 5. The molecule has 5 aromatic carbocycles. The number of nitrogens with zero attached hydrogens (tertiary/aromatic N) is 6. The van der Waals surface area contributed by atoms with E-state index in [1.54, 1.807) is 43.4 Å². The maximum atomic E-state index is 14.3. The minimum Gasteiger partial charge on any atom is -0.493 e. The number of carbonyl (C=O) groups excluding carboxylic acids is 4. The SMILES string of the molecule is COc1cc2c(cc1OCCCOc1cc3c(cc1OC)C(=O)N1c4ccc(N(C)CCCC/C(=N\NC(=O)CCC(C)=O)c5ccccc5)cc4C[C@H]1C=N3)N=C[C@@H]1Cc3ccccc3N1C2=O. The normalized spacial score (nSPS) is 16.3. The maximum Gasteiger partial charge on any atom is 0.261 e. The summed E-state index contributed by atoms with van der Waals surface area (Å²) in [6.45, 7) is 2.85. The summed E-state index contributed by atoms with van der Waals surface area (Å²) >= 11 is 0. The van der Waals surface area contributed by atoms with Crippen LogP contribution in [0, 0.1) is 0 Å². The van der Waals surface area contributed by atoms with Crippen molar-refractivity contribution in [3.8, 4) is 23.0 Å². The van der Waals surface area contributed by atoms with Gasteiger partial charge in [-0.2, -0.15) is 5.10 Å². The molecule has 354 valence electrons. The number of hydrogen-bond acceptors (Lipinski definition) is 12. The molecule has 1 N–H and O–H groups in total. The van der Waals surface area contributed by atoms with E-state index in [1.807, 2.05) is 84.1 Å². The van der Waals surface area contributed by atoms with Crippen LogP contribution in [0.1, 0.15) is 82.9 Å². The average molecular weight is 930 g/mol. The fourth-order valence-corrected chi connectivity index (χ4v) is 9.23. The Morgan fingerprint density at radius 2 is 1.28 bits per heavy atom. The summed E-state index contributed by atoms with van der Waals surface area (Å²) in [6.07, 6.45) is 8.22. The number of Topliss-reactive ketones (excluding diaryl/α,β-unsaturated/α-hetero) is 1. The number of amides is 3. The molecular formula is C54H55N7O8. The Hall–Kier alpha value is -7.81. The van der Waals surface area contributed by atoms with Crippen molar-refractivity contribution in [2.75, 3.05) is 55.7 Å². The van der Waals surface area contributed by atoms with Gasteiger partial charge in [-0.3, -0.25) is 34.2 Å². The highest BCUT2D eigenvalue weighted by molar-refractivity contribution is 6.16. The Morgan fingerprint density at radius 3 is 1.90 bits per heavy atom. The van der Waals surface area contributed by atoms with Crippen LogP contribution in [0.15, 0.2) is 112 Å². The molecular weight excluding hydrogens is 875 g/mol. The van der Waals surface area contributed by atoms with Crippen LogP contribution >= 0.6 is 0 Å². The zero-order valence-corrected chi connectivity index (χ0v) is 39.3. The van der Waals surface area contributed by atoms with Crippen LogP contribution in [0.4, 0.5) is 28.4 Å². The summed E-state index contributed by atoms with van der Waals surface area (Å²) in [5.41, 5.74) is 11.3. The standard InChI is InChI=1S/C54H55N7O8/c1-34(62)18-21-52(63)58-57-43(35-13-6-5-7-14-35)16-10-11-22-59(2)38-19-20-47-37(26-38)27-40-33-56-45-31-51(49(67-4)29-42(45)54(65)61(40)47)69-24-12-23-68-50-30-44-41(28-48(50)66-3)53(64)60-39(32-55-44)25-36-15-8-9-17-46(36)60/h5-9,13-15,17,19-20,26,28-33,39-40H,10-12,16,18,21-25,27H2,1-4H3,(H,58,63)/b57-43+/t39-,40-/m0/s1. The predicted octanol–water partition coefficient (Wildman–Crippen LogP) is 8.62. The molecule has 0 saturated carbocycles. The lowest BCUT2D eigenvalue weighted by Gasteiger charge is -2.23. The molecule has 15 nitrogen and oxygen atoms in total. The second kappa shape index (κ2) is 20.6. The van der Waals surface area contributed by atoms with E-state index in [2.05, 4.69) is 28.5 Å². The van der Waals surface area contributed by atoms with Crippen LogP contribution < -0.4 is 39.1 Å². The number of ketones is 1. The lowest BCUT2D eigenvalue weighted by Crippen LogP contribution is -2.37. The molecule has 0 bridgehead atoms. The Balaban J connectivity index is 0.791. The molecule has 3 amide bonds. The summed E-state index contributed by atoms with van der Waals surface area (Å²) in [5.74, 6) is 1.19. The van der Waals surface area contributed by atoms with Gasteiger partial charge >= 0.3 is 0 Å². The van der Waals surface area contributed by atoms with Crippen LogP contribution in [0.3, 0.4) is 0 Å². The molecule has 15 heteroatoms. The van der Waals surface area contributed by atoms with Gasteiger partial charge in [0, 0.05) is 87.3 Å². The first-order valence-electron chi connectivity index (χ1n) is 23.4. The van der Waals surface area contributed by atoms with Crippen molar-refractivity contribution < 1.29 is 38.1 Å². The van der Waals surface area contributed by atoms with Gasteiger partial charge in [-0.05, 0) is 79.3 Å². The van der Waals surface area contributed by atoms with E-state index in [0.717, 1.165) is 58.9 Å². The molecule has 4 aliphatic heterocycles. The zero-order chi connectivity index (χ0) is 48.0. The van der Waals surface area contributed by atoms with Crippen molar-refractivity contribution in [2.45, 2.75) is 70.4 Å². The monoisotopic (exact) mass is 929 g/mol. The predicted molar refractivity (Wildman–Crippen MR) is 268 cm³/mol. The number of aliphatic imine (C=N–C) groups is 2. The Morgan fingerprint density at radius 1 is 0.681 bits per heavy atom. The van der Waals surface area contributed by atoms with Crippen molar-refractivity contribution in [1.29, 1.82) is 0 Å². The zero-order valence-electron chi connectivity index (χ0n) is 39.3. The number of hydrazone groups is 1. The van der Waals surface area contributed by atoms with E-state index in [4.69, 9.17) is 28.9 Å². The van der Waals surface area contributed by atoms with Gasteiger partial charge in [-0.15, -0.1) is 0 Å². The topological polar surface area (TPSA) is 164 Å². The average Bonchev–Trinajstić information content (AvgIpc) is 3.85. The lowest BCUT2D eigenvalue weighted by atomic mass is 10.0. The minimum absolute atomic E-state index is 0.0333. The van der Waals surface area contributed by atoms with Crippen LogP contribution in [0.2, 0.25) is 0 Å². The number of ether oxygens (including phenoxy) is 4. The van der Waals surface area contributed by atoms with E-state index < -0.39 is 0 Å². The molecule has 5 aromatic rings. The van der Waals surface area contributed by atoms with Gasteiger partial charge in [0.25, 0.3) is 11.8 Å². The first-order chi connectivity index (χ1) is 33.6. The number of methoxy groups -OCH3 is 2. The molecule has 0 unspecified atom stereocenters. The number of hydrogen-bond donors (Lipinski definition) is 1. The van der Waals surface area contributed by atoms with Gasteiger partial charge in [0.2, 0.25) is 5.91 Å². The summed E-state index contributed by atoms with van der Waals surface area (Å²) in [4.78, 5) is 67.1. The van der Waals surface area contributed by atoms with Crippen molar-refractivity contribution >= 4 is 70.1 Å². The van der Waals surface area contributed by atoms with Crippen molar-refractivity contribution in [1.82, 2.24) is 5.43 Å². The van der Waals surface area contributed by atoms with E-state index in [0.29, 0.717) is 77.8 Å². The Labute approximate surface area is 401 Å². The summed E-state index contributed by atoms with van der Waals surface area (Å²) < 4.78 is 23.8. The highest BCUT2D eigenvalue weighted by atomic mass is 16.5. The number of nitrogens with one attached hydrogen (secondary N) is 1. The van der Waals surface area contributed by atoms with Gasteiger partial charge in [-0.1, -0.05) is 48.5 Å². The third-order valence-corrected chi connectivity index (χ3v) is 12.9. The third-order valence-electron chi connectivity index (χ3n) is 12.9. The third kappa shape index (κ3) is 9.94. The van der Waals surface area contributed by atoms with E-state index >= 15 is 0 Å². The van der Waals surface area contributed by atoms with Crippen LogP contribution in [0.25, 0.3) is 0 Å². The van der Waals surface area contributed by atoms with Crippen molar-refractivity contribution in [3.63, 3.8) is 0 Å². The summed E-state index contributed by atoms with van der Waals surface area (Å²) in [5, 5.41) is 4.43. The Kier molecular flexibility index (Phi) is 13.8. The molecule has 0 saturated heterocycles. The number of unbranched alkanes of at least 4 members (excludes halogenated alkanes) is 1. The molecule has 0 aromatic heterocycles. The molecule has 0 fully saturated rings. The second-order valence-electron chi connectivity index (χ2n) is 17.5. The lowest BCUT2D eigenvalue weighted by molar-refractivity contribution is -0.124. The second-order valence-corrected chi connectivity index (χ2v) is 17.5. The van der Waals surface area contributed by atoms with Gasteiger partial charge in [0.05, 0.1) is 67.7 Å². The van der Waals surface area contributed by atoms with Gasteiger partial charge in [-0.25, -0.2) is 5.43 Å². The van der Waals surface area contributed by atoms with Gasteiger partial charge in [0.15, 0.2) is 23.0 Å². The van der Waals surface area contributed by atoms with Gasteiger partial charge in [0.1, 0.15) is 5.78 Å². The van der Waals surface area contributed by atoms with Crippen molar-refractivity contribution in [2.24, 2.45) is 15.1 Å². The minimum atomic E-state index is -0.279. The molecule has 0 aliphatic carbocycles. The molecule has 0 spiro atoms. The van der Waals surface area contributed by atoms with E-state index in [-0.39, 0.29) is 55.0 Å². The number of anilines is 3. The first kappa shape index (κ1) is 46.3. The fourth-order valence-electron chi connectivity index (χ4n) is 9.23. The van der Waals surface area contributed by atoms with E-state index in [1.165, 1.54) is 6.92 Å². The van der Waals surface area contributed by atoms with Crippen molar-refractivity contribution in [3.05, 3.63) is 125 Å².